The molecular formula is C9H7BrO. The minimum Gasteiger partial charge on any atom is -0.508 e. The Labute approximate surface area is 74.2 Å². The van der Waals surface area contributed by atoms with Crippen molar-refractivity contribution >= 4 is 15.9 Å². The maximum atomic E-state index is 9.25. The third-order valence-corrected chi connectivity index (χ3v) is 1.62. The summed E-state index contributed by atoms with van der Waals surface area (Å²) in [7, 11) is 0. The van der Waals surface area contributed by atoms with Gasteiger partial charge in [-0.1, -0.05) is 24.1 Å². The van der Waals surface area contributed by atoms with E-state index in [2.05, 4.69) is 26.7 Å². The van der Waals surface area contributed by atoms with Crippen molar-refractivity contribution in [2.24, 2.45) is 0 Å². The zero-order chi connectivity index (χ0) is 8.10. The summed E-state index contributed by atoms with van der Waals surface area (Å²) in [5.74, 6) is 3.12. The zero-order valence-electron chi connectivity index (χ0n) is 5.84. The lowest BCUT2D eigenvalue weighted by molar-refractivity contribution is 0.470. The first-order valence-electron chi connectivity index (χ1n) is 3.20. The molecule has 0 saturated carbocycles. The predicted octanol–water partition coefficient (Wildman–Crippen LogP) is 2.29. The van der Waals surface area contributed by atoms with Gasteiger partial charge in [0.15, 0.2) is 0 Å². The number of benzene rings is 1. The van der Waals surface area contributed by atoms with E-state index >= 15 is 0 Å². The van der Waals surface area contributed by atoms with Gasteiger partial charge in [0, 0.05) is 27.9 Å². The van der Waals surface area contributed by atoms with Gasteiger partial charge in [0.05, 0.1) is 0 Å². The first-order valence-corrected chi connectivity index (χ1v) is 3.99. The van der Waals surface area contributed by atoms with Crippen molar-refractivity contribution in [3.05, 3.63) is 29.8 Å². The van der Waals surface area contributed by atoms with Crippen LogP contribution in [0.2, 0.25) is 0 Å². The molecule has 0 saturated heterocycles. The van der Waals surface area contributed by atoms with Gasteiger partial charge < -0.3 is 5.11 Å². The van der Waals surface area contributed by atoms with E-state index in [4.69, 9.17) is 0 Å². The monoisotopic (exact) mass is 210 g/mol. The molecule has 1 N–H and O–H groups in total. The van der Waals surface area contributed by atoms with Gasteiger partial charge in [0.2, 0.25) is 0 Å². The molecule has 0 spiro atoms. The Morgan fingerprint density at radius 2 is 2.09 bits per heavy atom. The second-order valence-corrected chi connectivity index (χ2v) is 2.47. The Hall–Kier alpha value is -0.940. The van der Waals surface area contributed by atoms with Crippen LogP contribution in [-0.4, -0.2) is 5.11 Å². The van der Waals surface area contributed by atoms with Crippen LogP contribution in [0.5, 0.6) is 5.75 Å². The average Bonchev–Trinajstić information content (AvgIpc) is 2.03. The number of aromatic hydroxyl groups is 1. The highest BCUT2D eigenvalue weighted by Gasteiger charge is 1.94. The van der Waals surface area contributed by atoms with Crippen molar-refractivity contribution in [2.75, 3.05) is 0 Å². The molecule has 0 aliphatic carbocycles. The molecule has 1 aromatic rings. The van der Waals surface area contributed by atoms with Gasteiger partial charge >= 0.3 is 0 Å². The molecule has 0 bridgehead atoms. The van der Waals surface area contributed by atoms with Crippen LogP contribution in [0.15, 0.2) is 24.3 Å². The number of rotatable bonds is 1. The SMILES string of the molecule is Oc1ccccc1CC#CBr. The van der Waals surface area contributed by atoms with E-state index in [1.54, 1.807) is 12.1 Å². The molecule has 11 heavy (non-hydrogen) atoms. The lowest BCUT2D eigenvalue weighted by Gasteiger charge is -1.96. The van der Waals surface area contributed by atoms with E-state index in [0.717, 1.165) is 5.56 Å². The standard InChI is InChI=1S/C9H7BrO/c10-7-3-5-8-4-1-2-6-9(8)11/h1-2,4,6,11H,5H2. The fourth-order valence-electron chi connectivity index (χ4n) is 0.789. The Kier molecular flexibility index (Phi) is 3.00. The van der Waals surface area contributed by atoms with Crippen LogP contribution in [-0.2, 0) is 6.42 Å². The molecule has 0 unspecified atom stereocenters. The molecule has 0 radical (unpaired) electrons. The van der Waals surface area contributed by atoms with E-state index in [9.17, 15) is 5.11 Å². The summed E-state index contributed by atoms with van der Waals surface area (Å²) in [5, 5.41) is 9.25. The van der Waals surface area contributed by atoms with Crippen LogP contribution in [0.3, 0.4) is 0 Å². The van der Waals surface area contributed by atoms with Crippen molar-refractivity contribution in [3.63, 3.8) is 0 Å². The van der Waals surface area contributed by atoms with Crippen LogP contribution in [0.25, 0.3) is 0 Å². The number of phenols is 1. The summed E-state index contributed by atoms with van der Waals surface area (Å²) in [5.41, 5.74) is 0.861. The molecule has 0 aliphatic heterocycles. The van der Waals surface area contributed by atoms with Crippen molar-refractivity contribution in [1.82, 2.24) is 0 Å². The highest BCUT2D eigenvalue weighted by molar-refractivity contribution is 9.12. The molecule has 0 amide bonds. The van der Waals surface area contributed by atoms with E-state index in [0.29, 0.717) is 12.2 Å². The van der Waals surface area contributed by atoms with Crippen LogP contribution in [0, 0.1) is 10.8 Å². The predicted molar refractivity (Wildman–Crippen MR) is 48.5 cm³/mol. The minimum atomic E-state index is 0.308. The normalized spacial score (nSPS) is 8.45. The summed E-state index contributed by atoms with van der Waals surface area (Å²) < 4.78 is 0. The largest absolute Gasteiger partial charge is 0.508 e. The van der Waals surface area contributed by atoms with Crippen molar-refractivity contribution in [3.8, 4) is 16.5 Å². The van der Waals surface area contributed by atoms with Crippen molar-refractivity contribution in [1.29, 1.82) is 0 Å². The summed E-state index contributed by atoms with van der Waals surface area (Å²) in [4.78, 5) is 2.59. The number of halogens is 1. The highest BCUT2D eigenvalue weighted by Crippen LogP contribution is 2.15. The van der Waals surface area contributed by atoms with Gasteiger partial charge in [-0.3, -0.25) is 0 Å². The molecule has 0 atom stereocenters. The maximum absolute atomic E-state index is 9.25. The second kappa shape index (κ2) is 4.05. The van der Waals surface area contributed by atoms with E-state index in [1.165, 1.54) is 0 Å². The molecule has 1 aromatic carbocycles. The fraction of sp³-hybridized carbons (Fsp3) is 0.111. The summed E-state index contributed by atoms with van der Waals surface area (Å²) >= 11 is 2.99. The molecule has 0 fully saturated rings. The van der Waals surface area contributed by atoms with Gasteiger partial charge in [-0.2, -0.15) is 0 Å². The molecular weight excluding hydrogens is 204 g/mol. The Morgan fingerprint density at radius 3 is 2.73 bits per heavy atom. The molecule has 2 heteroatoms. The summed E-state index contributed by atoms with van der Waals surface area (Å²) in [6.07, 6.45) is 0.581. The molecule has 0 aromatic heterocycles. The van der Waals surface area contributed by atoms with Crippen LogP contribution in [0.4, 0.5) is 0 Å². The van der Waals surface area contributed by atoms with Crippen molar-refractivity contribution in [2.45, 2.75) is 6.42 Å². The van der Waals surface area contributed by atoms with Gasteiger partial charge in [-0.15, -0.1) is 0 Å². The molecule has 0 aliphatic rings. The summed E-state index contributed by atoms with van der Waals surface area (Å²) in [6, 6.07) is 7.18. The molecule has 1 nitrogen and oxygen atoms in total. The third kappa shape index (κ3) is 2.28. The smallest absolute Gasteiger partial charge is 0.119 e. The molecule has 56 valence electrons. The maximum Gasteiger partial charge on any atom is 0.119 e. The quantitative estimate of drug-likeness (QED) is 0.706. The lowest BCUT2D eigenvalue weighted by Crippen LogP contribution is -1.80. The molecule has 1 rings (SSSR count). The average molecular weight is 211 g/mol. The lowest BCUT2D eigenvalue weighted by atomic mass is 10.1. The molecule has 0 heterocycles. The first-order chi connectivity index (χ1) is 5.34. The summed E-state index contributed by atoms with van der Waals surface area (Å²) in [6.45, 7) is 0. The van der Waals surface area contributed by atoms with E-state index in [-0.39, 0.29) is 0 Å². The topological polar surface area (TPSA) is 20.2 Å². The number of hydrogen-bond acceptors (Lipinski definition) is 1. The van der Waals surface area contributed by atoms with Crippen LogP contribution in [0.1, 0.15) is 5.56 Å². The van der Waals surface area contributed by atoms with Gasteiger partial charge in [0.25, 0.3) is 0 Å². The number of hydrogen-bond donors (Lipinski definition) is 1. The fourth-order valence-corrected chi connectivity index (χ4v) is 0.929. The van der Waals surface area contributed by atoms with E-state index in [1.807, 2.05) is 12.1 Å². The van der Waals surface area contributed by atoms with Gasteiger partial charge in [-0.25, -0.2) is 0 Å². The van der Waals surface area contributed by atoms with Crippen molar-refractivity contribution < 1.29 is 5.11 Å². The third-order valence-electron chi connectivity index (χ3n) is 1.34. The van der Waals surface area contributed by atoms with Gasteiger partial charge in [-0.05, 0) is 10.9 Å². The first kappa shape index (κ1) is 8.16. The second-order valence-electron chi connectivity index (χ2n) is 2.08. The van der Waals surface area contributed by atoms with Crippen LogP contribution >= 0.6 is 15.9 Å². The van der Waals surface area contributed by atoms with Gasteiger partial charge in [0.1, 0.15) is 5.75 Å². The Morgan fingerprint density at radius 1 is 1.36 bits per heavy atom. The van der Waals surface area contributed by atoms with Crippen LogP contribution < -0.4 is 0 Å². The Balaban J connectivity index is 2.83. The zero-order valence-corrected chi connectivity index (χ0v) is 7.43. The number of phenolic OH excluding ortho intramolecular Hbond substituents is 1. The Bertz CT molecular complexity index is 296. The minimum absolute atomic E-state index is 0.308. The highest BCUT2D eigenvalue weighted by atomic mass is 79.9. The van der Waals surface area contributed by atoms with E-state index < -0.39 is 0 Å². The number of para-hydroxylation sites is 1.